The van der Waals surface area contributed by atoms with E-state index in [0.717, 1.165) is 25.1 Å². The van der Waals surface area contributed by atoms with Gasteiger partial charge in [0.25, 0.3) is 5.91 Å². The van der Waals surface area contributed by atoms with Gasteiger partial charge in [0, 0.05) is 30.3 Å². The Labute approximate surface area is 154 Å². The summed E-state index contributed by atoms with van der Waals surface area (Å²) in [6.45, 7) is 4.00. The van der Waals surface area contributed by atoms with E-state index in [4.69, 9.17) is 4.74 Å². The Morgan fingerprint density at radius 2 is 1.85 bits per heavy atom. The number of carbonyl (C=O) groups is 2. The molecule has 1 heterocycles. The number of esters is 1. The van der Waals surface area contributed by atoms with Gasteiger partial charge in [-0.25, -0.2) is 0 Å². The van der Waals surface area contributed by atoms with Gasteiger partial charge >= 0.3 is 5.97 Å². The molecule has 2 aromatic carbocycles. The molecule has 26 heavy (non-hydrogen) atoms. The van der Waals surface area contributed by atoms with Crippen molar-refractivity contribution in [3.63, 3.8) is 0 Å². The Balaban J connectivity index is 1.40. The lowest BCUT2D eigenvalue weighted by Crippen LogP contribution is -2.32. The van der Waals surface area contributed by atoms with Crippen LogP contribution in [-0.4, -0.2) is 38.1 Å². The summed E-state index contributed by atoms with van der Waals surface area (Å²) in [4.78, 5) is 26.3. The number of rotatable bonds is 6. The third kappa shape index (κ3) is 4.63. The number of hydrogen-bond acceptors (Lipinski definition) is 4. The van der Waals surface area contributed by atoms with E-state index in [1.54, 1.807) is 12.1 Å². The molecule has 5 nitrogen and oxygen atoms in total. The first-order valence-corrected chi connectivity index (χ1v) is 8.93. The van der Waals surface area contributed by atoms with Gasteiger partial charge in [-0.3, -0.25) is 9.59 Å². The highest BCUT2D eigenvalue weighted by molar-refractivity contribution is 5.97. The molecule has 1 aliphatic rings. The maximum Gasteiger partial charge on any atom is 0.325 e. The third-order valence-electron chi connectivity index (χ3n) is 4.67. The molecule has 1 fully saturated rings. The number of nitrogens with one attached hydrogen (secondary N) is 1. The van der Waals surface area contributed by atoms with Gasteiger partial charge in [0.2, 0.25) is 0 Å². The molecule has 0 bridgehead atoms. The number of para-hydroxylation sites is 1. The second-order valence-corrected chi connectivity index (χ2v) is 6.62. The summed E-state index contributed by atoms with van der Waals surface area (Å²) in [5.41, 5.74) is 2.66. The molecule has 1 atom stereocenters. The molecule has 0 aromatic heterocycles. The Morgan fingerprint density at radius 3 is 2.62 bits per heavy atom. The van der Waals surface area contributed by atoms with E-state index in [1.165, 1.54) is 5.69 Å². The highest BCUT2D eigenvalue weighted by Gasteiger charge is 2.24. The zero-order valence-corrected chi connectivity index (χ0v) is 15.0. The molecule has 0 aliphatic carbocycles. The van der Waals surface area contributed by atoms with Gasteiger partial charge in [-0.2, -0.15) is 0 Å². The zero-order chi connectivity index (χ0) is 18.4. The zero-order valence-electron chi connectivity index (χ0n) is 15.0. The molecule has 3 rings (SSSR count). The number of anilines is 1. The summed E-state index contributed by atoms with van der Waals surface area (Å²) in [6, 6.07) is 17.5. The smallest absolute Gasteiger partial charge is 0.325 e. The van der Waals surface area contributed by atoms with Crippen LogP contribution in [-0.2, 0) is 9.53 Å². The van der Waals surface area contributed by atoms with Crippen molar-refractivity contribution >= 4 is 17.6 Å². The van der Waals surface area contributed by atoms with Crippen molar-refractivity contribution in [3.05, 3.63) is 65.7 Å². The van der Waals surface area contributed by atoms with E-state index in [0.29, 0.717) is 18.1 Å². The van der Waals surface area contributed by atoms with Crippen molar-refractivity contribution in [1.29, 1.82) is 0 Å². The fourth-order valence-electron chi connectivity index (χ4n) is 3.18. The number of ether oxygens (including phenoxy) is 1. The molecule has 2 aromatic rings. The largest absolute Gasteiger partial charge is 0.464 e. The summed E-state index contributed by atoms with van der Waals surface area (Å²) in [7, 11) is 0. The minimum absolute atomic E-state index is 0.109. The fourth-order valence-corrected chi connectivity index (χ4v) is 3.18. The van der Waals surface area contributed by atoms with Crippen molar-refractivity contribution in [2.75, 3.05) is 31.1 Å². The van der Waals surface area contributed by atoms with Crippen LogP contribution in [0.2, 0.25) is 0 Å². The lowest BCUT2D eigenvalue weighted by molar-refractivity contribution is -0.143. The van der Waals surface area contributed by atoms with Gasteiger partial charge in [-0.15, -0.1) is 0 Å². The van der Waals surface area contributed by atoms with Crippen LogP contribution in [0.5, 0.6) is 0 Å². The van der Waals surface area contributed by atoms with Crippen molar-refractivity contribution in [2.24, 2.45) is 5.92 Å². The van der Waals surface area contributed by atoms with Gasteiger partial charge in [0.15, 0.2) is 0 Å². The Bertz CT molecular complexity index is 761. The number of amides is 1. The molecule has 1 aliphatic heterocycles. The Kier molecular flexibility index (Phi) is 5.89. The molecular formula is C21H24N2O3. The molecular weight excluding hydrogens is 328 g/mol. The van der Waals surface area contributed by atoms with Crippen LogP contribution in [0.1, 0.15) is 22.3 Å². The van der Waals surface area contributed by atoms with Crippen molar-refractivity contribution in [2.45, 2.75) is 13.3 Å². The predicted octanol–water partition coefficient (Wildman–Crippen LogP) is 2.79. The first-order chi connectivity index (χ1) is 12.6. The maximum absolute atomic E-state index is 12.1. The average Bonchev–Trinajstić information content (AvgIpc) is 3.14. The van der Waals surface area contributed by atoms with E-state index in [9.17, 15) is 9.59 Å². The summed E-state index contributed by atoms with van der Waals surface area (Å²) in [5, 5.41) is 2.63. The van der Waals surface area contributed by atoms with Crippen LogP contribution < -0.4 is 10.2 Å². The molecule has 1 N–H and O–H groups in total. The van der Waals surface area contributed by atoms with Crippen molar-refractivity contribution < 1.29 is 14.3 Å². The standard InChI is InChI=1S/C21H24N2O3/c1-16-7-5-6-10-19(16)21(25)22-13-20(24)26-15-17-11-12-23(14-17)18-8-3-2-4-9-18/h2-10,17H,11-15H2,1H3,(H,22,25)/t17-/m1/s1. The van der Waals surface area contributed by atoms with Crippen LogP contribution in [0.15, 0.2) is 54.6 Å². The van der Waals surface area contributed by atoms with Gasteiger partial charge in [0.1, 0.15) is 6.54 Å². The lowest BCUT2D eigenvalue weighted by Gasteiger charge is -2.18. The molecule has 0 unspecified atom stereocenters. The highest BCUT2D eigenvalue weighted by Crippen LogP contribution is 2.23. The van der Waals surface area contributed by atoms with E-state index in [-0.39, 0.29) is 12.5 Å². The van der Waals surface area contributed by atoms with Crippen LogP contribution in [0.25, 0.3) is 0 Å². The molecule has 0 radical (unpaired) electrons. The maximum atomic E-state index is 12.1. The molecule has 1 saturated heterocycles. The highest BCUT2D eigenvalue weighted by atomic mass is 16.5. The van der Waals surface area contributed by atoms with Gasteiger partial charge in [0.05, 0.1) is 6.61 Å². The van der Waals surface area contributed by atoms with Crippen LogP contribution in [0, 0.1) is 12.8 Å². The van der Waals surface area contributed by atoms with Gasteiger partial charge < -0.3 is 15.0 Å². The lowest BCUT2D eigenvalue weighted by atomic mass is 10.1. The van der Waals surface area contributed by atoms with E-state index < -0.39 is 5.97 Å². The average molecular weight is 352 g/mol. The second-order valence-electron chi connectivity index (χ2n) is 6.62. The molecule has 0 saturated carbocycles. The second kappa shape index (κ2) is 8.52. The first kappa shape index (κ1) is 18.0. The third-order valence-corrected chi connectivity index (χ3v) is 4.67. The minimum Gasteiger partial charge on any atom is -0.464 e. The minimum atomic E-state index is -0.398. The topological polar surface area (TPSA) is 58.6 Å². The van der Waals surface area contributed by atoms with Crippen LogP contribution in [0.4, 0.5) is 5.69 Å². The van der Waals surface area contributed by atoms with E-state index >= 15 is 0 Å². The number of aryl methyl sites for hydroxylation is 1. The number of nitrogens with zero attached hydrogens (tertiary/aromatic N) is 1. The summed E-state index contributed by atoms with van der Waals surface area (Å²) in [5.74, 6) is -0.326. The molecule has 0 spiro atoms. The molecule has 1 amide bonds. The van der Waals surface area contributed by atoms with E-state index in [2.05, 4.69) is 22.3 Å². The Hall–Kier alpha value is -2.82. The first-order valence-electron chi connectivity index (χ1n) is 8.93. The number of hydrogen-bond donors (Lipinski definition) is 1. The van der Waals surface area contributed by atoms with Crippen molar-refractivity contribution in [1.82, 2.24) is 5.32 Å². The van der Waals surface area contributed by atoms with Gasteiger partial charge in [-0.05, 0) is 37.1 Å². The molecule has 136 valence electrons. The van der Waals surface area contributed by atoms with Crippen molar-refractivity contribution in [3.8, 4) is 0 Å². The van der Waals surface area contributed by atoms with Crippen LogP contribution in [0.3, 0.4) is 0 Å². The van der Waals surface area contributed by atoms with Gasteiger partial charge in [-0.1, -0.05) is 36.4 Å². The van der Waals surface area contributed by atoms with Crippen LogP contribution >= 0.6 is 0 Å². The fraction of sp³-hybridized carbons (Fsp3) is 0.333. The predicted molar refractivity (Wildman–Crippen MR) is 101 cm³/mol. The summed E-state index contributed by atoms with van der Waals surface area (Å²) >= 11 is 0. The summed E-state index contributed by atoms with van der Waals surface area (Å²) in [6.07, 6.45) is 0.998. The summed E-state index contributed by atoms with van der Waals surface area (Å²) < 4.78 is 5.35. The number of carbonyl (C=O) groups excluding carboxylic acids is 2. The molecule has 5 heteroatoms. The normalized spacial score (nSPS) is 16.3. The Morgan fingerprint density at radius 1 is 1.12 bits per heavy atom. The quantitative estimate of drug-likeness (QED) is 0.812. The number of benzene rings is 2. The van der Waals surface area contributed by atoms with E-state index in [1.807, 2.05) is 37.3 Å². The monoisotopic (exact) mass is 352 g/mol. The SMILES string of the molecule is Cc1ccccc1C(=O)NCC(=O)OC[C@@H]1CCN(c2ccccc2)C1.